The van der Waals surface area contributed by atoms with Gasteiger partial charge in [-0.25, -0.2) is 9.97 Å². The Morgan fingerprint density at radius 1 is 0.972 bits per heavy atom. The smallest absolute Gasteiger partial charge is 0.229 e. The number of H-pyrrole nitrogens is 1. The third-order valence-electron chi connectivity index (χ3n) is 6.36. The van der Waals surface area contributed by atoms with Crippen molar-refractivity contribution in [2.24, 2.45) is 7.05 Å². The molecule has 178 valence electrons. The van der Waals surface area contributed by atoms with Crippen LogP contribution in [-0.4, -0.2) is 36.8 Å². The summed E-state index contributed by atoms with van der Waals surface area (Å²) in [6.07, 6.45) is 1.73. The summed E-state index contributed by atoms with van der Waals surface area (Å²) in [7, 11) is 3.93. The van der Waals surface area contributed by atoms with Gasteiger partial charge in [0.2, 0.25) is 5.95 Å². The van der Waals surface area contributed by atoms with Crippen LogP contribution in [0.2, 0.25) is 5.02 Å². The molecule has 0 atom stereocenters. The first-order chi connectivity index (χ1) is 17.5. The number of imidazole rings is 1. The lowest BCUT2D eigenvalue weighted by atomic mass is 10.2. The summed E-state index contributed by atoms with van der Waals surface area (Å²) in [5, 5.41) is 9.57. The number of hydrogen-bond acceptors (Lipinski definition) is 6. The van der Waals surface area contributed by atoms with Gasteiger partial charge in [0.05, 0.1) is 21.6 Å². The summed E-state index contributed by atoms with van der Waals surface area (Å²) in [6.45, 7) is 2.07. The molecule has 2 N–H and O–H groups in total. The monoisotopic (exact) mass is 494 g/mol. The van der Waals surface area contributed by atoms with E-state index < -0.39 is 0 Å². The van der Waals surface area contributed by atoms with Gasteiger partial charge in [0.25, 0.3) is 0 Å². The van der Waals surface area contributed by atoms with Crippen molar-refractivity contribution in [3.8, 4) is 11.4 Å². The molecule has 3 aromatic heterocycles. The van der Waals surface area contributed by atoms with Gasteiger partial charge in [-0.3, -0.25) is 4.68 Å². The van der Waals surface area contributed by atoms with Gasteiger partial charge in [-0.15, -0.1) is 0 Å². The Balaban J connectivity index is 1.24. The maximum atomic E-state index is 6.62. The van der Waals surface area contributed by atoms with E-state index >= 15 is 0 Å². The zero-order chi connectivity index (χ0) is 24.8. The quantitative estimate of drug-likeness (QED) is 0.289. The first-order valence-electron chi connectivity index (χ1n) is 11.5. The maximum absolute atomic E-state index is 6.62. The van der Waals surface area contributed by atoms with E-state index in [0.717, 1.165) is 56.2 Å². The highest BCUT2D eigenvalue weighted by Crippen LogP contribution is 2.31. The number of rotatable bonds is 5. The number of aromatic amines is 1. The van der Waals surface area contributed by atoms with E-state index in [1.54, 1.807) is 6.20 Å². The van der Waals surface area contributed by atoms with Gasteiger partial charge in [-0.05, 0) is 61.5 Å². The van der Waals surface area contributed by atoms with Crippen LogP contribution in [0.5, 0.6) is 0 Å². The van der Waals surface area contributed by atoms with Crippen LogP contribution in [0.1, 0.15) is 5.69 Å². The predicted octanol–water partition coefficient (Wildman–Crippen LogP) is 6.38. The highest BCUT2D eigenvalue weighted by molar-refractivity contribution is 6.33. The van der Waals surface area contributed by atoms with Crippen LogP contribution < -0.4 is 10.2 Å². The van der Waals surface area contributed by atoms with E-state index in [2.05, 4.69) is 50.5 Å². The fourth-order valence-electron chi connectivity index (χ4n) is 4.25. The Hall–Kier alpha value is -4.43. The van der Waals surface area contributed by atoms with Crippen molar-refractivity contribution >= 4 is 56.7 Å². The number of aryl methyl sites for hydroxylation is 2. The molecule has 6 rings (SSSR count). The van der Waals surface area contributed by atoms with Crippen LogP contribution >= 0.6 is 11.6 Å². The lowest BCUT2D eigenvalue weighted by molar-refractivity contribution is 0.751. The fraction of sp³-hybridized carbons (Fsp3) is 0.111. The van der Waals surface area contributed by atoms with E-state index in [0.29, 0.717) is 11.0 Å². The van der Waals surface area contributed by atoms with Crippen molar-refractivity contribution in [1.29, 1.82) is 0 Å². The van der Waals surface area contributed by atoms with Gasteiger partial charge in [-0.1, -0.05) is 23.7 Å². The second-order valence-corrected chi connectivity index (χ2v) is 9.04. The minimum absolute atomic E-state index is 0.474. The molecule has 0 fully saturated rings. The minimum Gasteiger partial charge on any atom is -0.338 e. The minimum atomic E-state index is 0.474. The Morgan fingerprint density at radius 3 is 2.67 bits per heavy atom. The van der Waals surface area contributed by atoms with Crippen molar-refractivity contribution < 1.29 is 0 Å². The van der Waals surface area contributed by atoms with E-state index in [1.165, 1.54) is 0 Å². The molecule has 8 nitrogen and oxygen atoms in total. The molecule has 3 aromatic carbocycles. The summed E-state index contributed by atoms with van der Waals surface area (Å²) in [4.78, 5) is 19.1. The lowest BCUT2D eigenvalue weighted by Crippen LogP contribution is -2.12. The van der Waals surface area contributed by atoms with Crippen LogP contribution in [0.15, 0.2) is 72.9 Å². The van der Waals surface area contributed by atoms with E-state index in [4.69, 9.17) is 16.6 Å². The lowest BCUT2D eigenvalue weighted by Gasteiger charge is -2.19. The summed E-state index contributed by atoms with van der Waals surface area (Å²) in [5.41, 5.74) is 6.56. The Kier molecular flexibility index (Phi) is 5.30. The maximum Gasteiger partial charge on any atom is 0.229 e. The molecular formula is C27H23ClN8. The molecule has 36 heavy (non-hydrogen) atoms. The number of benzene rings is 3. The molecule has 9 heteroatoms. The SMILES string of the molecule is Cc1c2ccc(N(C)c3ccnc(Nc4ccc(-c5nc6ccccc6[nH]5)c(Cl)c4)n3)cc2nn1C. The predicted molar refractivity (Wildman–Crippen MR) is 145 cm³/mol. The molecule has 0 aliphatic carbocycles. The van der Waals surface area contributed by atoms with Crippen LogP contribution in [0.3, 0.4) is 0 Å². The van der Waals surface area contributed by atoms with Gasteiger partial charge >= 0.3 is 0 Å². The van der Waals surface area contributed by atoms with Crippen molar-refractivity contribution in [3.05, 3.63) is 83.6 Å². The van der Waals surface area contributed by atoms with Gasteiger partial charge in [-0.2, -0.15) is 10.1 Å². The van der Waals surface area contributed by atoms with Crippen molar-refractivity contribution in [2.45, 2.75) is 6.92 Å². The second kappa shape index (κ2) is 8.66. The number of anilines is 4. The largest absolute Gasteiger partial charge is 0.338 e. The Bertz CT molecular complexity index is 1700. The van der Waals surface area contributed by atoms with Crippen LogP contribution in [-0.2, 0) is 7.05 Å². The van der Waals surface area contributed by atoms with E-state index in [9.17, 15) is 0 Å². The molecule has 0 unspecified atom stereocenters. The fourth-order valence-corrected chi connectivity index (χ4v) is 4.52. The number of hydrogen-bond donors (Lipinski definition) is 2. The summed E-state index contributed by atoms with van der Waals surface area (Å²) in [6, 6.07) is 21.7. The molecule has 0 amide bonds. The average molecular weight is 495 g/mol. The summed E-state index contributed by atoms with van der Waals surface area (Å²) in [5.74, 6) is 1.96. The van der Waals surface area contributed by atoms with Crippen molar-refractivity contribution in [2.75, 3.05) is 17.3 Å². The first kappa shape index (κ1) is 22.1. The van der Waals surface area contributed by atoms with Crippen molar-refractivity contribution in [1.82, 2.24) is 29.7 Å². The second-order valence-electron chi connectivity index (χ2n) is 8.63. The van der Waals surface area contributed by atoms with E-state index in [-0.39, 0.29) is 0 Å². The number of nitrogens with one attached hydrogen (secondary N) is 2. The highest BCUT2D eigenvalue weighted by atomic mass is 35.5. The standard InChI is InChI=1S/C27H23ClN8/c1-16-19-11-9-18(15-24(19)34-36(16)3)35(2)25-12-13-29-27(33-25)30-17-8-10-20(21(28)14-17)26-31-22-6-4-5-7-23(22)32-26/h4-15H,1-3H3,(H,31,32)(H,29,30,33). The van der Waals surface area contributed by atoms with Gasteiger partial charge in [0.15, 0.2) is 0 Å². The van der Waals surface area contributed by atoms with Gasteiger partial charge in [0.1, 0.15) is 11.6 Å². The zero-order valence-corrected chi connectivity index (χ0v) is 20.7. The molecule has 3 heterocycles. The van der Waals surface area contributed by atoms with Crippen LogP contribution in [0.25, 0.3) is 33.3 Å². The number of para-hydroxylation sites is 2. The molecule has 0 aliphatic heterocycles. The molecule has 0 spiro atoms. The number of fused-ring (bicyclic) bond motifs is 2. The topological polar surface area (TPSA) is 87.6 Å². The normalized spacial score (nSPS) is 11.3. The third kappa shape index (κ3) is 3.91. The highest BCUT2D eigenvalue weighted by Gasteiger charge is 2.13. The number of nitrogens with zero attached hydrogens (tertiary/aromatic N) is 6. The Labute approximate surface area is 212 Å². The number of halogens is 1. The summed E-state index contributed by atoms with van der Waals surface area (Å²) < 4.78 is 1.89. The number of aromatic nitrogens is 6. The zero-order valence-electron chi connectivity index (χ0n) is 20.0. The molecule has 0 aliphatic rings. The van der Waals surface area contributed by atoms with Gasteiger partial charge in [0, 0.05) is 48.3 Å². The molecule has 6 aromatic rings. The first-order valence-corrected chi connectivity index (χ1v) is 11.9. The van der Waals surface area contributed by atoms with Crippen LogP contribution in [0.4, 0.5) is 23.1 Å². The van der Waals surface area contributed by atoms with E-state index in [1.807, 2.05) is 72.2 Å². The van der Waals surface area contributed by atoms with Crippen LogP contribution in [0, 0.1) is 6.92 Å². The molecule has 0 radical (unpaired) electrons. The average Bonchev–Trinajstić information content (AvgIpc) is 3.44. The Morgan fingerprint density at radius 2 is 1.83 bits per heavy atom. The van der Waals surface area contributed by atoms with Crippen molar-refractivity contribution in [3.63, 3.8) is 0 Å². The third-order valence-corrected chi connectivity index (χ3v) is 6.67. The molecule has 0 bridgehead atoms. The summed E-state index contributed by atoms with van der Waals surface area (Å²) >= 11 is 6.62. The van der Waals surface area contributed by atoms with Gasteiger partial charge < -0.3 is 15.2 Å². The molecular weight excluding hydrogens is 472 g/mol. The molecule has 0 saturated carbocycles. The molecule has 0 saturated heterocycles.